The van der Waals surface area contributed by atoms with E-state index in [2.05, 4.69) is 0 Å². The number of primary amides is 1. The van der Waals surface area contributed by atoms with Crippen LogP contribution < -0.4 is 5.73 Å². The van der Waals surface area contributed by atoms with Crippen LogP contribution in [0.2, 0.25) is 0 Å². The summed E-state index contributed by atoms with van der Waals surface area (Å²) in [6.07, 6.45) is 0.833. The first-order valence-corrected chi connectivity index (χ1v) is 2.54. The molecule has 47 valence electrons. The number of carbonyl (C=O) groups is 1. The second-order valence-electron chi connectivity index (χ2n) is 1.54. The Labute approximate surface area is 49.5 Å². The summed E-state index contributed by atoms with van der Waals surface area (Å²) in [4.78, 5) is 11.6. The predicted molar refractivity (Wildman–Crippen MR) is 31.9 cm³/mol. The topological polar surface area (TPSA) is 46.3 Å². The van der Waals surface area contributed by atoms with Crippen LogP contribution in [0, 0.1) is 6.54 Å². The van der Waals surface area contributed by atoms with Crippen molar-refractivity contribution in [2.45, 2.75) is 13.3 Å². The summed E-state index contributed by atoms with van der Waals surface area (Å²) in [5.74, 6) is 0. The van der Waals surface area contributed by atoms with Gasteiger partial charge in [0.05, 0.1) is 6.54 Å². The summed E-state index contributed by atoms with van der Waals surface area (Å²) in [7, 11) is 1.63. The third-order valence-corrected chi connectivity index (χ3v) is 0.804. The second-order valence-corrected chi connectivity index (χ2v) is 1.54. The highest BCUT2D eigenvalue weighted by Gasteiger charge is 1.98. The number of nitrogens with zero attached hydrogens (tertiary/aromatic N) is 1. The van der Waals surface area contributed by atoms with Crippen LogP contribution in [0.4, 0.5) is 4.79 Å². The molecule has 0 aliphatic heterocycles. The molecule has 0 aliphatic carbocycles. The van der Waals surface area contributed by atoms with Gasteiger partial charge in [-0.2, -0.15) is 0 Å². The lowest BCUT2D eigenvalue weighted by Crippen LogP contribution is -2.29. The number of nitrogens with two attached hydrogens (primary N) is 1. The van der Waals surface area contributed by atoms with Crippen LogP contribution in [0.15, 0.2) is 0 Å². The molecule has 8 heavy (non-hydrogen) atoms. The van der Waals surface area contributed by atoms with Crippen molar-refractivity contribution in [3.05, 3.63) is 6.54 Å². The van der Waals surface area contributed by atoms with E-state index >= 15 is 0 Å². The quantitative estimate of drug-likeness (QED) is 0.561. The maximum Gasteiger partial charge on any atom is 0.314 e. The zero-order chi connectivity index (χ0) is 6.57. The van der Waals surface area contributed by atoms with Gasteiger partial charge in [0.15, 0.2) is 0 Å². The van der Waals surface area contributed by atoms with E-state index in [0.29, 0.717) is 0 Å². The van der Waals surface area contributed by atoms with E-state index in [0.717, 1.165) is 6.42 Å². The molecule has 0 aromatic heterocycles. The molecule has 0 atom stereocenters. The number of hydrogen-bond acceptors (Lipinski definition) is 1. The van der Waals surface area contributed by atoms with Crippen LogP contribution in [0.1, 0.15) is 13.3 Å². The SMILES string of the molecule is CC[CH]N(C)C(N)=O. The van der Waals surface area contributed by atoms with Gasteiger partial charge in [-0.15, -0.1) is 0 Å². The lowest BCUT2D eigenvalue weighted by Gasteiger charge is -2.10. The Morgan fingerprint density at radius 3 is 2.50 bits per heavy atom. The zero-order valence-corrected chi connectivity index (χ0v) is 5.22. The molecule has 0 bridgehead atoms. The molecule has 0 rings (SSSR count). The Kier molecular flexibility index (Phi) is 2.99. The average Bonchev–Trinajstić information content (AvgIpc) is 1.67. The number of hydrogen-bond donors (Lipinski definition) is 1. The number of amides is 2. The normalized spacial score (nSPS) is 8.75. The summed E-state index contributed by atoms with van der Waals surface area (Å²) in [6.45, 7) is 3.67. The first-order chi connectivity index (χ1) is 3.68. The van der Waals surface area contributed by atoms with Gasteiger partial charge >= 0.3 is 6.03 Å². The van der Waals surface area contributed by atoms with Gasteiger partial charge in [-0.1, -0.05) is 6.92 Å². The van der Waals surface area contributed by atoms with Crippen LogP contribution in [-0.2, 0) is 0 Å². The molecule has 2 N–H and O–H groups in total. The summed E-state index contributed by atoms with van der Waals surface area (Å²) < 4.78 is 0. The molecular formula is C5H11N2O. The fourth-order valence-corrected chi connectivity index (χ4v) is 0.364. The van der Waals surface area contributed by atoms with Crippen molar-refractivity contribution >= 4 is 6.03 Å². The Morgan fingerprint density at radius 2 is 2.38 bits per heavy atom. The standard InChI is InChI=1S/C5H11N2O/c1-3-4-7(2)5(6)8/h4H,3H2,1-2H3,(H2,6,8). The van der Waals surface area contributed by atoms with Crippen molar-refractivity contribution in [3.8, 4) is 0 Å². The Morgan fingerprint density at radius 1 is 1.88 bits per heavy atom. The van der Waals surface area contributed by atoms with E-state index in [-0.39, 0.29) is 0 Å². The van der Waals surface area contributed by atoms with Crippen LogP contribution in [0.5, 0.6) is 0 Å². The van der Waals surface area contributed by atoms with E-state index in [1.54, 1.807) is 13.6 Å². The molecule has 0 unspecified atom stereocenters. The molecule has 0 aromatic carbocycles. The molecule has 0 aromatic rings. The third kappa shape index (κ3) is 2.44. The Balaban J connectivity index is 3.32. The molecule has 0 saturated carbocycles. The maximum atomic E-state index is 10.2. The van der Waals surface area contributed by atoms with E-state index < -0.39 is 6.03 Å². The van der Waals surface area contributed by atoms with Gasteiger partial charge in [0.1, 0.15) is 0 Å². The van der Waals surface area contributed by atoms with Gasteiger partial charge in [-0.05, 0) is 6.42 Å². The molecule has 2 amide bonds. The molecule has 0 aliphatic rings. The lowest BCUT2D eigenvalue weighted by atomic mass is 10.4. The monoisotopic (exact) mass is 115 g/mol. The van der Waals surface area contributed by atoms with Crippen molar-refractivity contribution in [2.24, 2.45) is 5.73 Å². The first-order valence-electron chi connectivity index (χ1n) is 2.54. The summed E-state index contributed by atoms with van der Waals surface area (Å²) in [6, 6.07) is -0.410. The van der Waals surface area contributed by atoms with E-state index in [9.17, 15) is 4.79 Å². The van der Waals surface area contributed by atoms with E-state index in [1.165, 1.54) is 4.90 Å². The predicted octanol–water partition coefficient (Wildman–Crippen LogP) is 0.569. The molecule has 0 spiro atoms. The number of carbonyl (C=O) groups excluding carboxylic acids is 1. The summed E-state index contributed by atoms with van der Waals surface area (Å²) >= 11 is 0. The van der Waals surface area contributed by atoms with Crippen molar-refractivity contribution < 1.29 is 4.79 Å². The minimum Gasteiger partial charge on any atom is -0.351 e. The van der Waals surface area contributed by atoms with Crippen molar-refractivity contribution in [2.75, 3.05) is 7.05 Å². The molecule has 0 fully saturated rings. The van der Waals surface area contributed by atoms with Gasteiger partial charge in [0.2, 0.25) is 0 Å². The van der Waals surface area contributed by atoms with Gasteiger partial charge in [-0.3, -0.25) is 0 Å². The van der Waals surface area contributed by atoms with Crippen LogP contribution in [0.3, 0.4) is 0 Å². The van der Waals surface area contributed by atoms with Crippen LogP contribution in [0.25, 0.3) is 0 Å². The first kappa shape index (κ1) is 7.27. The summed E-state index contributed by atoms with van der Waals surface area (Å²) in [5.41, 5.74) is 4.88. The molecule has 1 radical (unpaired) electrons. The lowest BCUT2D eigenvalue weighted by molar-refractivity contribution is 0.226. The Bertz CT molecular complexity index is 82.5. The number of urea groups is 1. The minimum absolute atomic E-state index is 0.410. The second kappa shape index (κ2) is 3.29. The zero-order valence-electron chi connectivity index (χ0n) is 5.22. The van der Waals surface area contributed by atoms with Crippen molar-refractivity contribution in [1.82, 2.24) is 4.90 Å². The van der Waals surface area contributed by atoms with Crippen LogP contribution >= 0.6 is 0 Å². The average molecular weight is 115 g/mol. The molecule has 3 heteroatoms. The Hall–Kier alpha value is -0.730. The highest BCUT2D eigenvalue weighted by atomic mass is 16.2. The van der Waals surface area contributed by atoms with Gasteiger partial charge in [0, 0.05) is 7.05 Å². The third-order valence-electron chi connectivity index (χ3n) is 0.804. The van der Waals surface area contributed by atoms with Gasteiger partial charge in [0.25, 0.3) is 0 Å². The molecule has 3 nitrogen and oxygen atoms in total. The maximum absolute atomic E-state index is 10.2. The highest BCUT2D eigenvalue weighted by molar-refractivity contribution is 5.72. The van der Waals surface area contributed by atoms with Crippen LogP contribution in [-0.4, -0.2) is 18.0 Å². The van der Waals surface area contributed by atoms with Gasteiger partial charge < -0.3 is 10.6 Å². The minimum atomic E-state index is -0.410. The fourth-order valence-electron chi connectivity index (χ4n) is 0.364. The molecular weight excluding hydrogens is 104 g/mol. The summed E-state index contributed by atoms with van der Waals surface area (Å²) in [5, 5.41) is 0. The van der Waals surface area contributed by atoms with Crippen molar-refractivity contribution in [3.63, 3.8) is 0 Å². The van der Waals surface area contributed by atoms with E-state index in [1.807, 2.05) is 6.92 Å². The molecule has 0 saturated heterocycles. The smallest absolute Gasteiger partial charge is 0.314 e. The van der Waals surface area contributed by atoms with E-state index in [4.69, 9.17) is 5.73 Å². The largest absolute Gasteiger partial charge is 0.351 e. The fraction of sp³-hybridized carbons (Fsp3) is 0.600. The van der Waals surface area contributed by atoms with Crippen molar-refractivity contribution in [1.29, 1.82) is 0 Å². The molecule has 0 heterocycles. The van der Waals surface area contributed by atoms with Gasteiger partial charge in [-0.25, -0.2) is 4.79 Å². The highest BCUT2D eigenvalue weighted by Crippen LogP contribution is 1.89. The number of rotatable bonds is 2.